The summed E-state index contributed by atoms with van der Waals surface area (Å²) in [6, 6.07) is 2.70. The lowest BCUT2D eigenvalue weighted by atomic mass is 9.93. The number of carboxylic acids is 1. The Morgan fingerprint density at radius 1 is 1.20 bits per heavy atom. The van der Waals surface area contributed by atoms with Gasteiger partial charge >= 0.3 is 5.97 Å². The molecule has 0 amide bonds. The van der Waals surface area contributed by atoms with Crippen LogP contribution in [0, 0.1) is 23.5 Å². The van der Waals surface area contributed by atoms with Gasteiger partial charge in [-0.15, -0.1) is 0 Å². The summed E-state index contributed by atoms with van der Waals surface area (Å²) >= 11 is 0. The number of aryl methyl sites for hydroxylation is 1. The second kappa shape index (κ2) is 10.2. The molecular formula is C31H31F2N7O4. The van der Waals surface area contributed by atoms with Gasteiger partial charge in [-0.25, -0.2) is 23.5 Å². The van der Waals surface area contributed by atoms with Crippen LogP contribution in [0.5, 0.6) is 0 Å². The van der Waals surface area contributed by atoms with Crippen molar-refractivity contribution in [3.05, 3.63) is 58.1 Å². The highest BCUT2D eigenvalue weighted by Gasteiger charge is 2.45. The largest absolute Gasteiger partial charge is 0.477 e. The summed E-state index contributed by atoms with van der Waals surface area (Å²) in [5.74, 6) is -2.82. The van der Waals surface area contributed by atoms with E-state index in [1.54, 1.807) is 32.6 Å². The molecule has 2 aliphatic rings. The number of aromatic nitrogens is 4. The van der Waals surface area contributed by atoms with Crippen LogP contribution in [-0.2, 0) is 11.8 Å². The van der Waals surface area contributed by atoms with E-state index in [4.69, 9.17) is 4.74 Å². The zero-order valence-electron chi connectivity index (χ0n) is 24.6. The summed E-state index contributed by atoms with van der Waals surface area (Å²) in [5, 5.41) is 13.2. The number of halogens is 2. The second-order valence-corrected chi connectivity index (χ2v) is 11.9. The monoisotopic (exact) mass is 603 g/mol. The number of fused-ring (bicyclic) bond motifs is 5. The fraction of sp³-hybridized carbons (Fsp3) is 0.355. The molecule has 11 nitrogen and oxygen atoms in total. The SMILES string of the molecule is CNc1cc(F)c(F)c2c1[nH]c1ncc(-c3cnc4c(c3)c(=O)c(C(=O)O)cn4C)c(N3CC4OCC(CN(C)C)[C@H]4C3)c12. The number of hydrogen-bond acceptors (Lipinski definition) is 8. The molecule has 5 aromatic rings. The van der Waals surface area contributed by atoms with Crippen molar-refractivity contribution >= 4 is 50.3 Å². The molecule has 0 saturated carbocycles. The maximum atomic E-state index is 15.7. The van der Waals surface area contributed by atoms with Crippen LogP contribution in [0.2, 0.25) is 0 Å². The lowest BCUT2D eigenvalue weighted by molar-refractivity contribution is 0.0695. The third-order valence-corrected chi connectivity index (χ3v) is 8.94. The van der Waals surface area contributed by atoms with Crippen molar-refractivity contribution in [3.8, 4) is 11.1 Å². The summed E-state index contributed by atoms with van der Waals surface area (Å²) in [7, 11) is 7.31. The van der Waals surface area contributed by atoms with Crippen molar-refractivity contribution < 1.29 is 23.4 Å². The first-order valence-corrected chi connectivity index (χ1v) is 14.3. The highest BCUT2D eigenvalue weighted by atomic mass is 19.2. The lowest BCUT2D eigenvalue weighted by Gasteiger charge is -2.26. The molecule has 0 bridgehead atoms. The highest BCUT2D eigenvalue weighted by Crippen LogP contribution is 2.46. The van der Waals surface area contributed by atoms with Gasteiger partial charge in [-0.3, -0.25) is 4.79 Å². The van der Waals surface area contributed by atoms with Crippen molar-refractivity contribution in [2.45, 2.75) is 6.10 Å². The molecule has 228 valence electrons. The smallest absolute Gasteiger partial charge is 0.341 e. The van der Waals surface area contributed by atoms with Gasteiger partial charge < -0.3 is 34.5 Å². The number of aromatic carboxylic acids is 1. The number of hydrogen-bond donors (Lipinski definition) is 3. The number of ether oxygens (including phenoxy) is 1. The first-order chi connectivity index (χ1) is 21.1. The zero-order chi connectivity index (χ0) is 31.0. The number of aromatic amines is 1. The molecule has 1 aromatic carbocycles. The summed E-state index contributed by atoms with van der Waals surface area (Å²) in [6.45, 7) is 2.65. The number of anilines is 2. The summed E-state index contributed by atoms with van der Waals surface area (Å²) < 4.78 is 38.4. The van der Waals surface area contributed by atoms with Crippen LogP contribution in [0.1, 0.15) is 10.4 Å². The molecule has 2 unspecified atom stereocenters. The quantitative estimate of drug-likeness (QED) is 0.266. The van der Waals surface area contributed by atoms with E-state index in [0.717, 1.165) is 12.6 Å². The minimum atomic E-state index is -1.34. The molecule has 0 aliphatic carbocycles. The molecule has 0 spiro atoms. The fourth-order valence-corrected chi connectivity index (χ4v) is 6.98. The third-order valence-electron chi connectivity index (χ3n) is 8.94. The molecule has 0 radical (unpaired) electrons. The Balaban J connectivity index is 1.50. The Morgan fingerprint density at radius 2 is 2.00 bits per heavy atom. The Bertz CT molecular complexity index is 2060. The second-order valence-electron chi connectivity index (χ2n) is 11.9. The van der Waals surface area contributed by atoms with Gasteiger partial charge in [0.05, 0.1) is 45.8 Å². The van der Waals surface area contributed by atoms with Gasteiger partial charge in [-0.2, -0.15) is 0 Å². The van der Waals surface area contributed by atoms with E-state index >= 15 is 4.39 Å². The molecule has 7 rings (SSSR count). The van der Waals surface area contributed by atoms with Crippen LogP contribution in [-0.4, -0.2) is 89.0 Å². The van der Waals surface area contributed by atoms with E-state index in [1.807, 2.05) is 14.1 Å². The number of pyridine rings is 3. The van der Waals surface area contributed by atoms with Gasteiger partial charge in [0.25, 0.3) is 0 Å². The number of benzene rings is 1. The Kier molecular flexibility index (Phi) is 6.55. The molecule has 13 heteroatoms. The average molecular weight is 604 g/mol. The van der Waals surface area contributed by atoms with Crippen LogP contribution in [0.15, 0.2) is 35.5 Å². The molecular weight excluding hydrogens is 572 g/mol. The van der Waals surface area contributed by atoms with Crippen molar-refractivity contribution in [1.82, 2.24) is 24.4 Å². The van der Waals surface area contributed by atoms with Crippen LogP contribution < -0.4 is 15.6 Å². The summed E-state index contributed by atoms with van der Waals surface area (Å²) in [4.78, 5) is 41.6. The standard InChI is InChI=1S/C31H31F2N7O4/c1-34-21-6-20(32)25(33)23-24-27(40-11-18-15(9-38(2)3)13-44-22(18)12-40)17(8-35-29(24)37-26(21)23)14-5-16-28(41)19(31(42)43)10-39(4)30(16)36-7-14/h5-8,10,15,18,22,34H,9,11-13H2,1-4H3,(H,35,37)(H,42,43)/t15?,18-,22?/m1/s1. The summed E-state index contributed by atoms with van der Waals surface area (Å²) in [6.07, 6.45) is 4.41. The predicted octanol–water partition coefficient (Wildman–Crippen LogP) is 3.66. The molecule has 2 fully saturated rings. The molecule has 3 atom stereocenters. The fourth-order valence-electron chi connectivity index (χ4n) is 6.98. The van der Waals surface area contributed by atoms with E-state index < -0.39 is 23.0 Å². The van der Waals surface area contributed by atoms with Gasteiger partial charge in [0.1, 0.15) is 16.9 Å². The molecule has 2 aliphatic heterocycles. The van der Waals surface area contributed by atoms with Gasteiger partial charge in [-0.05, 0) is 20.2 Å². The average Bonchev–Trinajstić information content (AvgIpc) is 3.69. The first kappa shape index (κ1) is 28.2. The first-order valence-electron chi connectivity index (χ1n) is 14.3. The van der Waals surface area contributed by atoms with E-state index in [-0.39, 0.29) is 28.4 Å². The van der Waals surface area contributed by atoms with Crippen molar-refractivity contribution in [2.24, 2.45) is 18.9 Å². The maximum Gasteiger partial charge on any atom is 0.341 e. The Labute approximate surface area is 250 Å². The topological polar surface area (TPSA) is 129 Å². The van der Waals surface area contributed by atoms with Gasteiger partial charge in [-0.1, -0.05) is 0 Å². The minimum Gasteiger partial charge on any atom is -0.477 e. The number of carboxylic acid groups (broad SMARTS) is 1. The molecule has 44 heavy (non-hydrogen) atoms. The van der Waals surface area contributed by atoms with Crippen molar-refractivity contribution in [1.29, 1.82) is 0 Å². The van der Waals surface area contributed by atoms with Crippen LogP contribution >= 0.6 is 0 Å². The predicted molar refractivity (Wildman–Crippen MR) is 163 cm³/mol. The number of rotatable bonds is 6. The number of nitrogens with zero attached hydrogens (tertiary/aromatic N) is 5. The molecule has 2 saturated heterocycles. The van der Waals surface area contributed by atoms with Gasteiger partial charge in [0.15, 0.2) is 11.6 Å². The van der Waals surface area contributed by atoms with Crippen LogP contribution in [0.25, 0.3) is 44.1 Å². The normalized spacial score (nSPS) is 20.0. The van der Waals surface area contributed by atoms with Crippen LogP contribution in [0.3, 0.4) is 0 Å². The minimum absolute atomic E-state index is 0.0455. The highest BCUT2D eigenvalue weighted by molar-refractivity contribution is 6.18. The number of carbonyl (C=O) groups is 1. The number of H-pyrrole nitrogens is 1. The maximum absolute atomic E-state index is 15.7. The lowest BCUT2D eigenvalue weighted by Crippen LogP contribution is -2.30. The molecule has 3 N–H and O–H groups in total. The Hall–Kier alpha value is -4.62. The third kappa shape index (κ3) is 4.21. The summed E-state index contributed by atoms with van der Waals surface area (Å²) in [5.41, 5.74) is 2.07. The van der Waals surface area contributed by atoms with E-state index in [9.17, 15) is 19.1 Å². The van der Waals surface area contributed by atoms with E-state index in [0.29, 0.717) is 70.3 Å². The molecule has 4 aromatic heterocycles. The van der Waals surface area contributed by atoms with Crippen LogP contribution in [0.4, 0.5) is 20.2 Å². The number of nitrogens with one attached hydrogen (secondary N) is 2. The van der Waals surface area contributed by atoms with E-state index in [2.05, 4.69) is 30.1 Å². The zero-order valence-corrected chi connectivity index (χ0v) is 24.6. The van der Waals surface area contributed by atoms with Gasteiger partial charge in [0.2, 0.25) is 5.43 Å². The van der Waals surface area contributed by atoms with Gasteiger partial charge in [0, 0.05) is 81.3 Å². The molecule has 6 heterocycles. The Morgan fingerprint density at radius 3 is 2.73 bits per heavy atom. The van der Waals surface area contributed by atoms with Crippen molar-refractivity contribution in [3.63, 3.8) is 0 Å². The van der Waals surface area contributed by atoms with Crippen molar-refractivity contribution in [2.75, 3.05) is 57.6 Å². The van der Waals surface area contributed by atoms with E-state index in [1.165, 1.54) is 10.8 Å².